The lowest BCUT2D eigenvalue weighted by molar-refractivity contribution is -0.145. The van der Waals surface area contributed by atoms with Gasteiger partial charge in [-0.1, -0.05) is 0 Å². The van der Waals surface area contributed by atoms with Crippen molar-refractivity contribution in [1.82, 2.24) is 4.90 Å². The zero-order chi connectivity index (χ0) is 14.0. The van der Waals surface area contributed by atoms with Crippen LogP contribution in [-0.2, 0) is 16.1 Å². The summed E-state index contributed by atoms with van der Waals surface area (Å²) >= 11 is 1.77. The third kappa shape index (κ3) is 3.35. The molecule has 0 spiro atoms. The Morgan fingerprint density at radius 1 is 1.53 bits per heavy atom. The number of aliphatic hydroxyl groups excluding tert-OH is 1. The first kappa shape index (κ1) is 14.5. The van der Waals surface area contributed by atoms with E-state index in [2.05, 4.69) is 24.0 Å². The first-order valence-electron chi connectivity index (χ1n) is 6.52. The van der Waals surface area contributed by atoms with Crippen molar-refractivity contribution in [2.24, 2.45) is 5.92 Å². The van der Waals surface area contributed by atoms with E-state index in [1.54, 1.807) is 11.3 Å². The van der Waals surface area contributed by atoms with Crippen LogP contribution < -0.4 is 0 Å². The van der Waals surface area contributed by atoms with E-state index in [0.717, 1.165) is 6.54 Å². The first-order valence-corrected chi connectivity index (χ1v) is 7.34. The highest BCUT2D eigenvalue weighted by Crippen LogP contribution is 2.31. The predicted molar refractivity (Wildman–Crippen MR) is 75.1 cm³/mol. The Labute approximate surface area is 118 Å². The van der Waals surface area contributed by atoms with Crippen molar-refractivity contribution in [2.45, 2.75) is 38.5 Å². The van der Waals surface area contributed by atoms with Crippen molar-refractivity contribution in [2.75, 3.05) is 14.2 Å². The van der Waals surface area contributed by atoms with E-state index in [1.165, 1.54) is 16.9 Å². The van der Waals surface area contributed by atoms with Crippen LogP contribution in [0.15, 0.2) is 12.1 Å². The molecule has 4 nitrogen and oxygen atoms in total. The molecule has 0 radical (unpaired) electrons. The number of nitrogens with zero attached hydrogens (tertiary/aromatic N) is 1. The molecule has 1 N–H and O–H groups in total. The minimum atomic E-state index is -0.449. The van der Waals surface area contributed by atoms with Gasteiger partial charge < -0.3 is 9.84 Å². The highest BCUT2D eigenvalue weighted by Gasteiger charge is 2.39. The smallest absolute Gasteiger partial charge is 0.308 e. The second kappa shape index (κ2) is 6.03. The third-order valence-electron chi connectivity index (χ3n) is 3.80. The molecular weight excluding hydrogens is 262 g/mol. The Kier molecular flexibility index (Phi) is 4.60. The zero-order valence-corrected chi connectivity index (χ0v) is 12.4. The molecule has 1 aromatic rings. The largest absolute Gasteiger partial charge is 0.469 e. The maximum absolute atomic E-state index is 11.5. The number of likely N-dealkylation sites (N-methyl/N-ethyl adjacent to an activating group) is 1. The molecule has 1 aliphatic rings. The van der Waals surface area contributed by atoms with Crippen molar-refractivity contribution < 1.29 is 14.6 Å². The van der Waals surface area contributed by atoms with Crippen LogP contribution in [-0.4, -0.2) is 42.3 Å². The molecule has 0 saturated heterocycles. The van der Waals surface area contributed by atoms with Crippen molar-refractivity contribution in [1.29, 1.82) is 0 Å². The lowest BCUT2D eigenvalue weighted by atomic mass is 10.1. The van der Waals surface area contributed by atoms with E-state index >= 15 is 0 Å². The molecule has 3 atom stereocenters. The fourth-order valence-electron chi connectivity index (χ4n) is 2.76. The van der Waals surface area contributed by atoms with Gasteiger partial charge in [0.25, 0.3) is 0 Å². The summed E-state index contributed by atoms with van der Waals surface area (Å²) in [5, 5.41) is 10.1. The quantitative estimate of drug-likeness (QED) is 0.856. The lowest BCUT2D eigenvalue weighted by Gasteiger charge is -2.26. The first-order chi connectivity index (χ1) is 9.01. The maximum Gasteiger partial charge on any atom is 0.308 e. The van der Waals surface area contributed by atoms with Crippen molar-refractivity contribution >= 4 is 17.3 Å². The minimum absolute atomic E-state index is 0.0338. The Morgan fingerprint density at radius 2 is 2.26 bits per heavy atom. The molecule has 1 aliphatic carbocycles. The molecule has 0 unspecified atom stereocenters. The number of methoxy groups -OCH3 is 1. The van der Waals surface area contributed by atoms with Gasteiger partial charge in [0.2, 0.25) is 0 Å². The molecule has 106 valence electrons. The third-order valence-corrected chi connectivity index (χ3v) is 4.78. The summed E-state index contributed by atoms with van der Waals surface area (Å²) < 4.78 is 4.77. The molecule has 0 amide bonds. The maximum atomic E-state index is 11.5. The number of aliphatic hydroxyl groups is 1. The summed E-state index contributed by atoms with van der Waals surface area (Å²) in [5.74, 6) is -0.376. The summed E-state index contributed by atoms with van der Waals surface area (Å²) in [6.07, 6.45) is 0.731. The minimum Gasteiger partial charge on any atom is -0.469 e. The SMILES string of the molecule is COC(=O)[C@@H]1C[C@H](O)[C@@H](N(C)Cc2ccc(C)s2)C1. The Hall–Kier alpha value is -0.910. The molecule has 5 heteroatoms. The molecule has 1 saturated carbocycles. The van der Waals surface area contributed by atoms with Gasteiger partial charge in [-0.05, 0) is 38.9 Å². The van der Waals surface area contributed by atoms with Crippen LogP contribution in [0.1, 0.15) is 22.6 Å². The van der Waals surface area contributed by atoms with Crippen LogP contribution in [0, 0.1) is 12.8 Å². The van der Waals surface area contributed by atoms with Crippen molar-refractivity contribution in [3.8, 4) is 0 Å². The van der Waals surface area contributed by atoms with E-state index < -0.39 is 6.10 Å². The van der Waals surface area contributed by atoms with Crippen LogP contribution in [0.4, 0.5) is 0 Å². The topological polar surface area (TPSA) is 49.8 Å². The van der Waals surface area contributed by atoms with E-state index in [0.29, 0.717) is 12.8 Å². The van der Waals surface area contributed by atoms with Gasteiger partial charge in [-0.3, -0.25) is 9.69 Å². The van der Waals surface area contributed by atoms with Gasteiger partial charge in [0.05, 0.1) is 19.1 Å². The van der Waals surface area contributed by atoms with Gasteiger partial charge in [0.1, 0.15) is 0 Å². The molecule has 1 heterocycles. The average Bonchev–Trinajstić information content (AvgIpc) is 2.94. The number of carbonyl (C=O) groups is 1. The number of thiophene rings is 1. The van der Waals surface area contributed by atoms with Crippen LogP contribution in [0.5, 0.6) is 0 Å². The fraction of sp³-hybridized carbons (Fsp3) is 0.643. The summed E-state index contributed by atoms with van der Waals surface area (Å²) in [6, 6.07) is 4.26. The number of rotatable bonds is 4. The van der Waals surface area contributed by atoms with Crippen LogP contribution in [0.25, 0.3) is 0 Å². The Morgan fingerprint density at radius 3 is 2.84 bits per heavy atom. The summed E-state index contributed by atoms with van der Waals surface area (Å²) in [4.78, 5) is 16.3. The van der Waals surface area contributed by atoms with Crippen molar-refractivity contribution in [3.05, 3.63) is 21.9 Å². The lowest BCUT2D eigenvalue weighted by Crippen LogP contribution is -2.36. The highest BCUT2D eigenvalue weighted by atomic mass is 32.1. The second-order valence-corrected chi connectivity index (χ2v) is 6.63. The van der Waals surface area contributed by atoms with E-state index in [-0.39, 0.29) is 17.9 Å². The normalized spacial score (nSPS) is 26.9. The van der Waals surface area contributed by atoms with E-state index in [9.17, 15) is 9.90 Å². The number of aryl methyl sites for hydroxylation is 1. The highest BCUT2D eigenvalue weighted by molar-refractivity contribution is 7.11. The van der Waals surface area contributed by atoms with Gasteiger partial charge in [-0.2, -0.15) is 0 Å². The predicted octanol–water partition coefficient (Wildman–Crippen LogP) is 1.80. The average molecular weight is 283 g/mol. The van der Waals surface area contributed by atoms with Crippen LogP contribution >= 0.6 is 11.3 Å². The number of ether oxygens (including phenoxy) is 1. The van der Waals surface area contributed by atoms with Crippen molar-refractivity contribution in [3.63, 3.8) is 0 Å². The number of hydrogen-bond acceptors (Lipinski definition) is 5. The van der Waals surface area contributed by atoms with E-state index in [1.807, 2.05) is 7.05 Å². The number of carbonyl (C=O) groups excluding carboxylic acids is 1. The molecule has 2 rings (SSSR count). The number of esters is 1. The van der Waals surface area contributed by atoms with E-state index in [4.69, 9.17) is 4.74 Å². The van der Waals surface area contributed by atoms with Gasteiger partial charge >= 0.3 is 5.97 Å². The zero-order valence-electron chi connectivity index (χ0n) is 11.6. The summed E-state index contributed by atoms with van der Waals surface area (Å²) in [5.41, 5.74) is 0. The fourth-order valence-corrected chi connectivity index (χ4v) is 3.71. The second-order valence-electron chi connectivity index (χ2n) is 5.25. The van der Waals surface area contributed by atoms with Gasteiger partial charge in [-0.25, -0.2) is 0 Å². The molecular formula is C14H21NO3S. The standard InChI is InChI=1S/C14H21NO3S/c1-9-4-5-11(19-9)8-15(2)12-6-10(7-13(12)16)14(17)18-3/h4-5,10,12-13,16H,6-8H2,1-3H3/t10-,12-,13-/m0/s1. The van der Waals surface area contributed by atoms with Crippen LogP contribution in [0.3, 0.4) is 0 Å². The molecule has 0 aliphatic heterocycles. The molecule has 0 aromatic carbocycles. The molecule has 1 aromatic heterocycles. The molecule has 1 fully saturated rings. The van der Waals surface area contributed by atoms with Gasteiger partial charge in [0.15, 0.2) is 0 Å². The van der Waals surface area contributed by atoms with Gasteiger partial charge in [-0.15, -0.1) is 11.3 Å². The Balaban J connectivity index is 1.96. The summed E-state index contributed by atoms with van der Waals surface area (Å²) in [6.45, 7) is 2.90. The number of hydrogen-bond donors (Lipinski definition) is 1. The monoisotopic (exact) mass is 283 g/mol. The summed E-state index contributed by atoms with van der Waals surface area (Å²) in [7, 11) is 3.41. The Bertz CT molecular complexity index is 446. The molecule has 19 heavy (non-hydrogen) atoms. The van der Waals surface area contributed by atoms with Gasteiger partial charge in [0, 0.05) is 22.3 Å². The van der Waals surface area contributed by atoms with Crippen LogP contribution in [0.2, 0.25) is 0 Å². The molecule has 0 bridgehead atoms.